The predicted octanol–water partition coefficient (Wildman–Crippen LogP) is 26.8. The van der Waals surface area contributed by atoms with Gasteiger partial charge in [0.15, 0.2) is 0 Å². The number of benzene rings is 14. The van der Waals surface area contributed by atoms with Crippen LogP contribution in [0.25, 0.3) is 89.0 Å². The van der Waals surface area contributed by atoms with Crippen LogP contribution in [-0.4, -0.2) is 0 Å². The highest BCUT2D eigenvalue weighted by Gasteiger charge is 2.56. The van der Waals surface area contributed by atoms with Gasteiger partial charge in [0.1, 0.15) is 0 Å². The van der Waals surface area contributed by atoms with E-state index in [-0.39, 0.29) is 16.2 Å². The monoisotopic (exact) mass is 1270 g/mol. The number of hydrogen-bond acceptors (Lipinski definition) is 2. The molecular formula is C97H82N2. The van der Waals surface area contributed by atoms with E-state index in [2.05, 4.69) is 393 Å². The summed E-state index contributed by atoms with van der Waals surface area (Å²) in [5.41, 5.74) is 36.9. The van der Waals surface area contributed by atoms with Crippen LogP contribution in [0.4, 0.5) is 34.1 Å². The summed E-state index contributed by atoms with van der Waals surface area (Å²) in [4.78, 5) is 4.87. The Bertz CT molecular complexity index is 4990. The highest BCUT2D eigenvalue weighted by Crippen LogP contribution is 2.64. The van der Waals surface area contributed by atoms with Gasteiger partial charge in [0.2, 0.25) is 0 Å². The van der Waals surface area contributed by atoms with E-state index < -0.39 is 0 Å². The fourth-order valence-corrected chi connectivity index (χ4v) is 16.7. The van der Waals surface area contributed by atoms with Gasteiger partial charge in [-0.25, -0.2) is 0 Å². The van der Waals surface area contributed by atoms with E-state index in [0.29, 0.717) is 0 Å². The van der Waals surface area contributed by atoms with E-state index in [1.165, 1.54) is 134 Å². The molecule has 0 radical (unpaired) electrons. The smallest absolute Gasteiger partial charge is 0.0491 e. The van der Waals surface area contributed by atoms with Crippen molar-refractivity contribution in [3.05, 3.63) is 372 Å². The molecule has 0 saturated carbocycles. The van der Waals surface area contributed by atoms with Crippen molar-refractivity contribution in [3.63, 3.8) is 0 Å². The van der Waals surface area contributed by atoms with Gasteiger partial charge in [0.05, 0.1) is 0 Å². The zero-order chi connectivity index (χ0) is 67.6. The lowest BCUT2D eigenvalue weighted by Crippen LogP contribution is -2.27. The van der Waals surface area contributed by atoms with Crippen molar-refractivity contribution in [2.75, 3.05) is 9.80 Å². The molecular weight excluding hydrogens is 1190 g/mol. The van der Waals surface area contributed by atoms with Crippen LogP contribution in [0, 0.1) is 27.7 Å². The molecule has 2 aliphatic rings. The molecule has 2 nitrogen and oxygen atoms in total. The number of anilines is 6. The zero-order valence-electron chi connectivity index (χ0n) is 58.0. The van der Waals surface area contributed by atoms with E-state index >= 15 is 0 Å². The van der Waals surface area contributed by atoms with Crippen LogP contribution >= 0.6 is 0 Å². The summed E-state index contributed by atoms with van der Waals surface area (Å²) in [6, 6.07) is 122. The van der Waals surface area contributed by atoms with E-state index in [4.69, 9.17) is 0 Å². The van der Waals surface area contributed by atoms with Gasteiger partial charge in [0, 0.05) is 39.5 Å². The molecule has 0 saturated heterocycles. The van der Waals surface area contributed by atoms with Crippen molar-refractivity contribution in [3.8, 4) is 89.0 Å². The molecule has 1 spiro atoms. The molecule has 0 heterocycles. The first-order chi connectivity index (χ1) is 48.1. The van der Waals surface area contributed by atoms with E-state index in [1.54, 1.807) is 0 Å². The van der Waals surface area contributed by atoms with Crippen LogP contribution in [0.3, 0.4) is 0 Å². The van der Waals surface area contributed by atoms with Gasteiger partial charge < -0.3 is 9.80 Å². The molecule has 14 aromatic rings. The summed E-state index contributed by atoms with van der Waals surface area (Å²) in [7, 11) is 0. The van der Waals surface area contributed by atoms with Crippen molar-refractivity contribution in [1.82, 2.24) is 0 Å². The summed E-state index contributed by atoms with van der Waals surface area (Å²) in [6.45, 7) is 18.8. The Morgan fingerprint density at radius 3 is 0.808 bits per heavy atom. The van der Waals surface area contributed by atoms with Gasteiger partial charge in [-0.3, -0.25) is 0 Å². The molecule has 0 aromatic heterocycles. The topological polar surface area (TPSA) is 6.48 Å². The van der Waals surface area contributed by atoms with Crippen molar-refractivity contribution >= 4 is 34.1 Å². The molecule has 14 aromatic carbocycles. The van der Waals surface area contributed by atoms with Crippen LogP contribution in [0.2, 0.25) is 0 Å². The Kier molecular flexibility index (Phi) is 16.0. The van der Waals surface area contributed by atoms with Crippen LogP contribution in [0.5, 0.6) is 0 Å². The second-order valence-electron chi connectivity index (χ2n) is 29.1. The largest absolute Gasteiger partial charge is 0.310 e. The number of nitrogens with zero attached hydrogens (tertiary/aromatic N) is 2. The first-order valence-corrected chi connectivity index (χ1v) is 35.1. The van der Waals surface area contributed by atoms with Crippen LogP contribution in [0.15, 0.2) is 328 Å². The molecule has 0 atom stereocenters. The lowest BCUT2D eigenvalue weighted by molar-refractivity contribution is 0.349. The standard InChI is InChI=1S/C97H82N2/c1-65-21-15-17-31-87(65)81-43-55-93(67(3)57-81)98(83-45-33-71(34-46-83)77-29-19-27-75(59-77)69-23-11-9-12-24-69)85-49-37-73(38-50-85)79-41-53-89-91(61-79)97(63-95(89,5)6)64-96(7,8)90-54-42-80(62-92(90)97)74-39-51-86(52-40-74)99(94-56-44-82(58-68(94)4)88-32-18-16-22-66(88)2)84-47-35-72(36-48-84)78-30-20-28-76(60-78)70-25-13-10-14-26-70/h9-62H,63-64H2,1-8H3. The molecule has 0 fully saturated rings. The Hall–Kier alpha value is -11.3. The van der Waals surface area contributed by atoms with Gasteiger partial charge in [-0.1, -0.05) is 258 Å². The molecule has 2 aliphatic carbocycles. The van der Waals surface area contributed by atoms with Crippen molar-refractivity contribution in [1.29, 1.82) is 0 Å². The molecule has 0 amide bonds. The Morgan fingerprint density at radius 1 is 0.212 bits per heavy atom. The first kappa shape index (κ1) is 62.5. The average molecular weight is 1280 g/mol. The third kappa shape index (κ3) is 11.7. The third-order valence-electron chi connectivity index (χ3n) is 21.6. The zero-order valence-corrected chi connectivity index (χ0v) is 58.0. The maximum atomic E-state index is 2.57. The van der Waals surface area contributed by atoms with Crippen LogP contribution < -0.4 is 9.80 Å². The highest BCUT2D eigenvalue weighted by molar-refractivity contribution is 5.87. The van der Waals surface area contributed by atoms with Crippen molar-refractivity contribution < 1.29 is 0 Å². The number of hydrogen-bond donors (Lipinski definition) is 0. The average Bonchev–Trinajstić information content (AvgIpc) is 1.53. The lowest BCUT2D eigenvalue weighted by atomic mass is 9.72. The predicted molar refractivity (Wildman–Crippen MR) is 421 cm³/mol. The van der Waals surface area contributed by atoms with Crippen molar-refractivity contribution in [2.45, 2.75) is 84.5 Å². The molecule has 480 valence electrons. The number of fused-ring (bicyclic) bond motifs is 4. The minimum atomic E-state index is -0.162. The third-order valence-corrected chi connectivity index (χ3v) is 21.6. The summed E-state index contributed by atoms with van der Waals surface area (Å²) >= 11 is 0. The molecule has 0 aliphatic heterocycles. The van der Waals surface area contributed by atoms with Gasteiger partial charge >= 0.3 is 0 Å². The molecule has 0 bridgehead atoms. The Morgan fingerprint density at radius 2 is 0.485 bits per heavy atom. The fourth-order valence-electron chi connectivity index (χ4n) is 16.7. The Balaban J connectivity index is 0.728. The fraction of sp³-hybridized carbons (Fsp3) is 0.134. The normalized spacial score (nSPS) is 13.8. The summed E-state index contributed by atoms with van der Waals surface area (Å²) in [5, 5.41) is 0. The van der Waals surface area contributed by atoms with E-state index in [1.807, 2.05) is 0 Å². The summed E-state index contributed by atoms with van der Waals surface area (Å²) < 4.78 is 0. The summed E-state index contributed by atoms with van der Waals surface area (Å²) in [5.74, 6) is 0. The molecule has 0 N–H and O–H groups in total. The maximum absolute atomic E-state index is 2.57. The van der Waals surface area contributed by atoms with E-state index in [0.717, 1.165) is 47.0 Å². The van der Waals surface area contributed by atoms with Gasteiger partial charge in [0.25, 0.3) is 0 Å². The number of aryl methyl sites for hydroxylation is 4. The van der Waals surface area contributed by atoms with Crippen molar-refractivity contribution in [2.24, 2.45) is 0 Å². The SMILES string of the molecule is Cc1ccccc1-c1ccc(N(c2ccc(-c3cccc(-c4ccccc4)c3)cc2)c2ccc(-c3ccc4c(c3)C3(CC4(C)C)CC(C)(C)c4ccc(-c5ccc(N(c6ccc(-c7cccc(-c8ccccc8)c7)cc6)c6ccc(-c7ccccc7C)cc6C)cc5)cc43)cc2)c(C)c1. The second kappa shape index (κ2) is 25.3. The maximum Gasteiger partial charge on any atom is 0.0491 e. The second-order valence-corrected chi connectivity index (χ2v) is 29.1. The minimum absolute atomic E-state index is 0.0233. The Labute approximate surface area is 585 Å². The highest BCUT2D eigenvalue weighted by atomic mass is 15.1. The van der Waals surface area contributed by atoms with E-state index in [9.17, 15) is 0 Å². The minimum Gasteiger partial charge on any atom is -0.310 e. The van der Waals surface area contributed by atoms with Gasteiger partial charge in [-0.2, -0.15) is 0 Å². The van der Waals surface area contributed by atoms with Gasteiger partial charge in [-0.15, -0.1) is 0 Å². The molecule has 16 rings (SSSR count). The lowest BCUT2D eigenvalue weighted by Gasteiger charge is -2.31. The quantitative estimate of drug-likeness (QED) is 0.107. The van der Waals surface area contributed by atoms with Crippen LogP contribution in [-0.2, 0) is 16.2 Å². The van der Waals surface area contributed by atoms with Crippen LogP contribution in [0.1, 0.15) is 85.0 Å². The summed E-state index contributed by atoms with van der Waals surface area (Å²) in [6.07, 6.45) is 2.11. The first-order valence-electron chi connectivity index (χ1n) is 35.1. The molecule has 2 heteroatoms. The molecule has 0 unspecified atom stereocenters. The van der Waals surface area contributed by atoms with Gasteiger partial charge in [-0.05, 0) is 282 Å². The molecule has 99 heavy (non-hydrogen) atoms. The number of rotatable bonds is 14.